The van der Waals surface area contributed by atoms with Gasteiger partial charge in [0.25, 0.3) is 0 Å². The van der Waals surface area contributed by atoms with Crippen molar-refractivity contribution >= 4 is 20.0 Å². The molecule has 6 nitrogen and oxygen atoms in total. The van der Waals surface area contributed by atoms with E-state index >= 15 is 0 Å². The van der Waals surface area contributed by atoms with Gasteiger partial charge in [0, 0.05) is 26.2 Å². The summed E-state index contributed by atoms with van der Waals surface area (Å²) in [4.78, 5) is 0. The van der Waals surface area contributed by atoms with E-state index in [1.165, 1.54) is 8.61 Å². The average molecular weight is 375 g/mol. The van der Waals surface area contributed by atoms with Crippen LogP contribution in [0.4, 0.5) is 0 Å². The number of sulfonamides is 2. The molecule has 1 aromatic rings. The maximum Gasteiger partial charge on any atom is 0.214 e. The second kappa shape index (κ2) is 8.42. The second-order valence-electron chi connectivity index (χ2n) is 6.02. The smallest absolute Gasteiger partial charge is 0.212 e. The molecule has 1 saturated heterocycles. The highest BCUT2D eigenvalue weighted by Crippen LogP contribution is 2.14. The number of benzene rings is 1. The fraction of sp³-hybridized carbons (Fsp3) is 0.625. The lowest BCUT2D eigenvalue weighted by atomic mass is 10.2. The van der Waals surface area contributed by atoms with E-state index in [1.54, 1.807) is 0 Å². The first-order valence-corrected chi connectivity index (χ1v) is 11.6. The molecular weight excluding hydrogens is 348 g/mol. The fourth-order valence-corrected chi connectivity index (χ4v) is 5.89. The van der Waals surface area contributed by atoms with E-state index in [2.05, 4.69) is 0 Å². The Bertz CT molecular complexity index is 718. The molecule has 24 heavy (non-hydrogen) atoms. The Kier molecular flexibility index (Phi) is 6.79. The van der Waals surface area contributed by atoms with Gasteiger partial charge < -0.3 is 0 Å². The summed E-state index contributed by atoms with van der Waals surface area (Å²) in [5.74, 6) is 0.173. The van der Waals surface area contributed by atoms with Gasteiger partial charge in [-0.2, -0.15) is 0 Å². The lowest BCUT2D eigenvalue weighted by Gasteiger charge is -2.21. The van der Waals surface area contributed by atoms with Crippen LogP contribution < -0.4 is 0 Å². The van der Waals surface area contributed by atoms with E-state index in [-0.39, 0.29) is 24.6 Å². The summed E-state index contributed by atoms with van der Waals surface area (Å²) in [5.41, 5.74) is 0.989. The van der Waals surface area contributed by atoms with Crippen LogP contribution in [0.1, 0.15) is 25.3 Å². The molecule has 0 atom stereocenters. The molecule has 0 bridgehead atoms. The Labute approximate surface area is 145 Å². The van der Waals surface area contributed by atoms with E-state index in [4.69, 9.17) is 0 Å². The molecule has 1 fully saturated rings. The molecule has 0 unspecified atom stereocenters. The third kappa shape index (κ3) is 5.27. The predicted molar refractivity (Wildman–Crippen MR) is 95.8 cm³/mol. The molecule has 0 spiro atoms. The van der Waals surface area contributed by atoms with Crippen LogP contribution in [0.25, 0.3) is 0 Å². The molecule has 8 heteroatoms. The quantitative estimate of drug-likeness (QED) is 0.721. The number of rotatable bonds is 7. The molecule has 0 aromatic heterocycles. The van der Waals surface area contributed by atoms with Gasteiger partial charge in [-0.05, 0) is 24.8 Å². The van der Waals surface area contributed by atoms with Gasteiger partial charge in [-0.15, -0.1) is 0 Å². The maximum absolute atomic E-state index is 12.6. The summed E-state index contributed by atoms with van der Waals surface area (Å²) in [7, 11) is -6.64. The second-order valence-corrected chi connectivity index (χ2v) is 10.2. The maximum atomic E-state index is 12.6. The van der Waals surface area contributed by atoms with Gasteiger partial charge in [-0.25, -0.2) is 25.4 Å². The Hall–Kier alpha value is -0.960. The Morgan fingerprint density at radius 3 is 1.92 bits per heavy atom. The van der Waals surface area contributed by atoms with Gasteiger partial charge in [0.15, 0.2) is 0 Å². The van der Waals surface area contributed by atoms with E-state index in [0.29, 0.717) is 32.4 Å². The van der Waals surface area contributed by atoms with E-state index in [0.717, 1.165) is 5.56 Å². The topological polar surface area (TPSA) is 74.8 Å². The molecule has 0 aliphatic carbocycles. The highest BCUT2D eigenvalue weighted by Gasteiger charge is 2.29. The molecule has 0 N–H and O–H groups in total. The lowest BCUT2D eigenvalue weighted by molar-refractivity contribution is 0.404. The minimum absolute atomic E-state index is 0.0543. The number of nitrogens with zero attached hydrogens (tertiary/aromatic N) is 2. The third-order valence-electron chi connectivity index (χ3n) is 4.15. The molecule has 0 amide bonds. The fourth-order valence-electron chi connectivity index (χ4n) is 2.83. The SMILES string of the molecule is CCCS(=O)(=O)N1CCCN(S(=O)(=O)CCc2ccccc2)CC1. The van der Waals surface area contributed by atoms with Gasteiger partial charge in [-0.3, -0.25) is 0 Å². The standard InChI is InChI=1S/C16H26N2O4S2/c1-2-14-23(19,20)17-10-6-11-18(13-12-17)24(21,22)15-9-16-7-4-3-5-8-16/h3-5,7-8H,2,6,9-15H2,1H3. The summed E-state index contributed by atoms with van der Waals surface area (Å²) in [5, 5.41) is 0. The van der Waals surface area contributed by atoms with Crippen molar-refractivity contribution in [2.24, 2.45) is 0 Å². The van der Waals surface area contributed by atoms with Crippen LogP contribution >= 0.6 is 0 Å². The summed E-state index contributed by atoms with van der Waals surface area (Å²) in [6.45, 7) is 3.09. The molecule has 1 heterocycles. The van der Waals surface area contributed by atoms with Gasteiger partial charge >= 0.3 is 0 Å². The Morgan fingerprint density at radius 2 is 1.38 bits per heavy atom. The van der Waals surface area contributed by atoms with Gasteiger partial charge in [0.1, 0.15) is 0 Å². The summed E-state index contributed by atoms with van der Waals surface area (Å²) < 4.78 is 52.3. The zero-order chi connectivity index (χ0) is 17.6. The summed E-state index contributed by atoms with van der Waals surface area (Å²) >= 11 is 0. The summed E-state index contributed by atoms with van der Waals surface area (Å²) in [6.07, 6.45) is 1.57. The van der Waals surface area contributed by atoms with Crippen LogP contribution in [0, 0.1) is 0 Å². The number of aryl methyl sites for hydroxylation is 1. The van der Waals surface area contributed by atoms with E-state index in [1.807, 2.05) is 37.3 Å². The van der Waals surface area contributed by atoms with Gasteiger partial charge in [0.05, 0.1) is 11.5 Å². The van der Waals surface area contributed by atoms with Crippen molar-refractivity contribution in [2.75, 3.05) is 37.7 Å². The normalized spacial score (nSPS) is 18.4. The van der Waals surface area contributed by atoms with Crippen molar-refractivity contribution in [1.29, 1.82) is 0 Å². The van der Waals surface area contributed by atoms with Crippen LogP contribution in [-0.2, 0) is 26.5 Å². The molecule has 136 valence electrons. The Balaban J connectivity index is 1.97. The summed E-state index contributed by atoms with van der Waals surface area (Å²) in [6, 6.07) is 9.51. The monoisotopic (exact) mass is 374 g/mol. The highest BCUT2D eigenvalue weighted by molar-refractivity contribution is 7.89. The van der Waals surface area contributed by atoms with Gasteiger partial charge in [-0.1, -0.05) is 37.3 Å². The van der Waals surface area contributed by atoms with Crippen molar-refractivity contribution in [3.8, 4) is 0 Å². The molecular formula is C16H26N2O4S2. The lowest BCUT2D eigenvalue weighted by Crippen LogP contribution is -2.39. The first kappa shape index (κ1) is 19.4. The molecule has 1 aliphatic heterocycles. The number of hydrogen-bond acceptors (Lipinski definition) is 4. The van der Waals surface area contributed by atoms with Crippen LogP contribution in [0.2, 0.25) is 0 Å². The van der Waals surface area contributed by atoms with Crippen LogP contribution in [0.3, 0.4) is 0 Å². The van der Waals surface area contributed by atoms with E-state index < -0.39 is 20.0 Å². The zero-order valence-corrected chi connectivity index (χ0v) is 15.7. The third-order valence-corrected chi connectivity index (χ3v) is 8.10. The zero-order valence-electron chi connectivity index (χ0n) is 14.1. The minimum atomic E-state index is -3.37. The van der Waals surface area contributed by atoms with Crippen molar-refractivity contribution in [1.82, 2.24) is 8.61 Å². The van der Waals surface area contributed by atoms with Crippen LogP contribution in [0.5, 0.6) is 0 Å². The molecule has 1 aliphatic rings. The largest absolute Gasteiger partial charge is 0.214 e. The average Bonchev–Trinajstić information content (AvgIpc) is 2.81. The first-order chi connectivity index (χ1) is 11.3. The van der Waals surface area contributed by atoms with Crippen molar-refractivity contribution in [2.45, 2.75) is 26.2 Å². The molecule has 0 radical (unpaired) electrons. The highest BCUT2D eigenvalue weighted by atomic mass is 32.2. The predicted octanol–water partition coefficient (Wildman–Crippen LogP) is 1.31. The van der Waals surface area contributed by atoms with Gasteiger partial charge in [0.2, 0.25) is 20.0 Å². The molecule has 0 saturated carbocycles. The van der Waals surface area contributed by atoms with E-state index in [9.17, 15) is 16.8 Å². The van der Waals surface area contributed by atoms with Crippen LogP contribution in [0.15, 0.2) is 30.3 Å². The van der Waals surface area contributed by atoms with Crippen molar-refractivity contribution in [3.05, 3.63) is 35.9 Å². The number of hydrogen-bond donors (Lipinski definition) is 0. The molecule has 2 rings (SSSR count). The Morgan fingerprint density at radius 1 is 0.833 bits per heavy atom. The van der Waals surface area contributed by atoms with Crippen molar-refractivity contribution < 1.29 is 16.8 Å². The van der Waals surface area contributed by atoms with Crippen molar-refractivity contribution in [3.63, 3.8) is 0 Å². The minimum Gasteiger partial charge on any atom is -0.212 e. The van der Waals surface area contributed by atoms with Crippen LogP contribution in [-0.4, -0.2) is 63.1 Å². The first-order valence-electron chi connectivity index (χ1n) is 8.35. The molecule has 1 aromatic carbocycles.